The molecule has 7 nitrogen and oxygen atoms in total. The molecule has 2 aromatic rings. The second-order valence-electron chi connectivity index (χ2n) is 6.35. The van der Waals surface area contributed by atoms with Gasteiger partial charge in [0.15, 0.2) is 5.69 Å². The number of amides is 1. The first-order valence-corrected chi connectivity index (χ1v) is 8.02. The van der Waals surface area contributed by atoms with Gasteiger partial charge >= 0.3 is 0 Å². The van der Waals surface area contributed by atoms with Gasteiger partial charge in [-0.1, -0.05) is 13.8 Å². The van der Waals surface area contributed by atoms with Crippen molar-refractivity contribution in [3.05, 3.63) is 35.7 Å². The third kappa shape index (κ3) is 2.88. The lowest BCUT2D eigenvalue weighted by Gasteiger charge is -2.35. The second kappa shape index (κ2) is 6.16. The normalized spacial score (nSPS) is 18.7. The zero-order valence-corrected chi connectivity index (χ0v) is 14.2. The van der Waals surface area contributed by atoms with Gasteiger partial charge in [0.25, 0.3) is 5.91 Å². The Kier molecular flexibility index (Phi) is 4.21. The summed E-state index contributed by atoms with van der Waals surface area (Å²) in [5.41, 5.74) is 1.58. The fraction of sp³-hybridized carbons (Fsp3) is 0.562. The van der Waals surface area contributed by atoms with Crippen molar-refractivity contribution in [2.75, 3.05) is 19.6 Å². The number of aromatic nitrogens is 4. The van der Waals surface area contributed by atoms with Crippen LogP contribution in [0.25, 0.3) is 0 Å². The molecule has 0 aliphatic carbocycles. The van der Waals surface area contributed by atoms with Crippen molar-refractivity contribution in [2.45, 2.75) is 25.8 Å². The van der Waals surface area contributed by atoms with E-state index in [0.717, 1.165) is 18.1 Å². The first-order chi connectivity index (χ1) is 11.0. The maximum atomic E-state index is 13.0. The molecule has 1 fully saturated rings. The van der Waals surface area contributed by atoms with Crippen LogP contribution < -0.4 is 5.32 Å². The van der Waals surface area contributed by atoms with Gasteiger partial charge in [-0.15, -0.1) is 0 Å². The Bertz CT molecular complexity index is 701. The van der Waals surface area contributed by atoms with Gasteiger partial charge < -0.3 is 14.8 Å². The first-order valence-electron chi connectivity index (χ1n) is 8.02. The van der Waals surface area contributed by atoms with Gasteiger partial charge in [0.1, 0.15) is 11.9 Å². The SMILES string of the molecule is CC(C)c1cc(C(=O)N2CCNCC2c2nccn2C)nn1C. The molecular weight excluding hydrogens is 292 g/mol. The Labute approximate surface area is 136 Å². The third-order valence-corrected chi connectivity index (χ3v) is 4.39. The van der Waals surface area contributed by atoms with Crippen LogP contribution >= 0.6 is 0 Å². The van der Waals surface area contributed by atoms with Gasteiger partial charge in [-0.25, -0.2) is 4.98 Å². The molecule has 1 aliphatic rings. The Morgan fingerprint density at radius 2 is 2.17 bits per heavy atom. The van der Waals surface area contributed by atoms with Crippen molar-refractivity contribution < 1.29 is 4.79 Å². The van der Waals surface area contributed by atoms with Crippen molar-refractivity contribution >= 4 is 5.91 Å². The van der Waals surface area contributed by atoms with Gasteiger partial charge in [-0.05, 0) is 12.0 Å². The highest BCUT2D eigenvalue weighted by Crippen LogP contribution is 2.23. The minimum Gasteiger partial charge on any atom is -0.336 e. The zero-order valence-electron chi connectivity index (χ0n) is 14.2. The highest BCUT2D eigenvalue weighted by Gasteiger charge is 2.32. The number of rotatable bonds is 3. The molecule has 1 aliphatic heterocycles. The Balaban J connectivity index is 1.90. The molecule has 0 aromatic carbocycles. The standard InChI is InChI=1S/C16H24N6O/c1-11(2)13-9-12(19-21(13)4)16(23)22-8-5-17-10-14(22)15-18-6-7-20(15)3/h6-7,9,11,14,17H,5,8,10H2,1-4H3. The van der Waals surface area contributed by atoms with E-state index in [2.05, 4.69) is 29.2 Å². The van der Waals surface area contributed by atoms with Crippen LogP contribution in [0.5, 0.6) is 0 Å². The molecule has 0 radical (unpaired) electrons. The second-order valence-corrected chi connectivity index (χ2v) is 6.35. The van der Waals surface area contributed by atoms with E-state index in [1.54, 1.807) is 10.9 Å². The van der Waals surface area contributed by atoms with Crippen LogP contribution in [0.2, 0.25) is 0 Å². The van der Waals surface area contributed by atoms with Crippen LogP contribution in [-0.4, -0.2) is 49.8 Å². The number of nitrogens with one attached hydrogen (secondary N) is 1. The van der Waals surface area contributed by atoms with Crippen LogP contribution in [-0.2, 0) is 14.1 Å². The van der Waals surface area contributed by atoms with Gasteiger partial charge in [0.2, 0.25) is 0 Å². The van der Waals surface area contributed by atoms with Crippen LogP contribution in [0.15, 0.2) is 18.5 Å². The molecule has 1 amide bonds. The van der Waals surface area contributed by atoms with Crippen molar-refractivity contribution in [3.8, 4) is 0 Å². The Hall–Kier alpha value is -2.15. The summed E-state index contributed by atoms with van der Waals surface area (Å²) in [6.45, 7) is 6.36. The fourth-order valence-corrected chi connectivity index (χ4v) is 3.15. The summed E-state index contributed by atoms with van der Waals surface area (Å²) in [6, 6.07) is 1.84. The number of imidazole rings is 1. The van der Waals surface area contributed by atoms with Crippen molar-refractivity contribution in [1.29, 1.82) is 0 Å². The molecule has 1 saturated heterocycles. The minimum absolute atomic E-state index is 0.0259. The van der Waals surface area contributed by atoms with Crippen LogP contribution in [0.3, 0.4) is 0 Å². The maximum Gasteiger partial charge on any atom is 0.275 e. The number of carbonyl (C=O) groups is 1. The Morgan fingerprint density at radius 1 is 1.39 bits per heavy atom. The molecule has 1 unspecified atom stereocenters. The smallest absolute Gasteiger partial charge is 0.275 e. The average Bonchev–Trinajstić information content (AvgIpc) is 3.12. The zero-order chi connectivity index (χ0) is 16.6. The van der Waals surface area contributed by atoms with E-state index >= 15 is 0 Å². The van der Waals surface area contributed by atoms with Gasteiger partial charge in [0, 0.05) is 51.8 Å². The lowest BCUT2D eigenvalue weighted by molar-refractivity contribution is 0.0614. The fourth-order valence-electron chi connectivity index (χ4n) is 3.15. The van der Waals surface area contributed by atoms with Gasteiger partial charge in [0.05, 0.1) is 0 Å². The topological polar surface area (TPSA) is 68.0 Å². The summed E-state index contributed by atoms with van der Waals surface area (Å²) in [5, 5.41) is 7.77. The lowest BCUT2D eigenvalue weighted by Crippen LogP contribution is -2.49. The monoisotopic (exact) mass is 316 g/mol. The van der Waals surface area contributed by atoms with E-state index in [1.807, 2.05) is 35.8 Å². The van der Waals surface area contributed by atoms with E-state index < -0.39 is 0 Å². The van der Waals surface area contributed by atoms with E-state index in [4.69, 9.17) is 0 Å². The highest BCUT2D eigenvalue weighted by atomic mass is 16.2. The molecule has 1 N–H and O–H groups in total. The van der Waals surface area contributed by atoms with E-state index in [1.165, 1.54) is 0 Å². The molecular formula is C16H24N6O. The summed E-state index contributed by atoms with van der Waals surface area (Å²) < 4.78 is 3.77. The molecule has 3 rings (SSSR count). The number of hydrogen-bond donors (Lipinski definition) is 1. The first kappa shape index (κ1) is 15.7. The maximum absolute atomic E-state index is 13.0. The third-order valence-electron chi connectivity index (χ3n) is 4.39. The highest BCUT2D eigenvalue weighted by molar-refractivity contribution is 5.92. The predicted molar refractivity (Wildman–Crippen MR) is 87.2 cm³/mol. The van der Waals surface area contributed by atoms with Crippen molar-refractivity contribution in [1.82, 2.24) is 29.5 Å². The van der Waals surface area contributed by atoms with Gasteiger partial charge in [-0.2, -0.15) is 5.10 Å². The Morgan fingerprint density at radius 3 is 2.78 bits per heavy atom. The largest absolute Gasteiger partial charge is 0.336 e. The summed E-state index contributed by atoms with van der Waals surface area (Å²) >= 11 is 0. The van der Waals surface area contributed by atoms with E-state index in [0.29, 0.717) is 24.7 Å². The van der Waals surface area contributed by atoms with Crippen molar-refractivity contribution in [3.63, 3.8) is 0 Å². The van der Waals surface area contributed by atoms with Crippen molar-refractivity contribution in [2.24, 2.45) is 14.1 Å². The van der Waals surface area contributed by atoms with Crippen LogP contribution in [0, 0.1) is 0 Å². The average molecular weight is 316 g/mol. The molecule has 2 aromatic heterocycles. The molecule has 0 bridgehead atoms. The van der Waals surface area contributed by atoms with Gasteiger partial charge in [-0.3, -0.25) is 9.48 Å². The number of carbonyl (C=O) groups excluding carboxylic acids is 1. The molecule has 0 spiro atoms. The van der Waals surface area contributed by atoms with Crippen LogP contribution in [0.4, 0.5) is 0 Å². The van der Waals surface area contributed by atoms with E-state index in [9.17, 15) is 4.79 Å². The predicted octanol–water partition coefficient (Wildman–Crippen LogP) is 1.06. The molecule has 1 atom stereocenters. The summed E-state index contributed by atoms with van der Waals surface area (Å²) in [4.78, 5) is 19.3. The summed E-state index contributed by atoms with van der Waals surface area (Å²) in [6.07, 6.45) is 3.68. The number of piperazine rings is 1. The minimum atomic E-state index is -0.0687. The molecule has 0 saturated carbocycles. The molecule has 23 heavy (non-hydrogen) atoms. The number of aryl methyl sites for hydroxylation is 2. The summed E-state index contributed by atoms with van der Waals surface area (Å²) in [7, 11) is 3.84. The van der Waals surface area contributed by atoms with Crippen LogP contribution in [0.1, 0.15) is 47.8 Å². The summed E-state index contributed by atoms with van der Waals surface area (Å²) in [5.74, 6) is 1.20. The quantitative estimate of drug-likeness (QED) is 0.919. The molecule has 124 valence electrons. The number of hydrogen-bond acceptors (Lipinski definition) is 4. The number of nitrogens with zero attached hydrogens (tertiary/aromatic N) is 5. The van der Waals surface area contributed by atoms with E-state index in [-0.39, 0.29) is 11.9 Å². The molecule has 3 heterocycles. The molecule has 7 heteroatoms. The lowest BCUT2D eigenvalue weighted by atomic mass is 10.1.